The van der Waals surface area contributed by atoms with Crippen molar-refractivity contribution in [3.63, 3.8) is 0 Å². The van der Waals surface area contributed by atoms with Crippen molar-refractivity contribution in [3.05, 3.63) is 0 Å². The van der Waals surface area contributed by atoms with Crippen LogP contribution in [0.15, 0.2) is 0 Å². The predicted octanol–water partition coefficient (Wildman–Crippen LogP) is -2.53. The van der Waals surface area contributed by atoms with Gasteiger partial charge in [-0.1, -0.05) is 20.3 Å². The fourth-order valence-corrected chi connectivity index (χ4v) is 2.70. The topological polar surface area (TPSA) is 214 Å². The molecule has 0 saturated carbocycles. The predicted molar refractivity (Wildman–Crippen MR) is 115 cm³/mol. The molecule has 6 atom stereocenters. The monoisotopic (exact) mass is 463 g/mol. The van der Waals surface area contributed by atoms with Crippen LogP contribution in [0.25, 0.3) is 0 Å². The first-order chi connectivity index (χ1) is 14.3. The van der Waals surface area contributed by atoms with Gasteiger partial charge in [0, 0.05) is 12.2 Å². The molecule has 0 aliphatic heterocycles. The number of carboxylic acids is 1. The quantitative estimate of drug-likeness (QED) is 0.128. The Balaban J connectivity index is 5.34. The first kappa shape index (κ1) is 28.6. The number of aliphatic hydroxyl groups excluding tert-OH is 1. The van der Waals surface area contributed by atoms with Crippen LogP contribution in [0.2, 0.25) is 0 Å². The van der Waals surface area contributed by atoms with Gasteiger partial charge in [0.2, 0.25) is 23.6 Å². The van der Waals surface area contributed by atoms with Crippen molar-refractivity contribution in [2.24, 2.45) is 17.4 Å². The Morgan fingerprint density at radius 3 is 1.90 bits per heavy atom. The molecule has 0 spiro atoms. The number of hydrogen-bond acceptors (Lipinski definition) is 8. The van der Waals surface area contributed by atoms with Gasteiger partial charge in [0.05, 0.1) is 12.1 Å². The number of aliphatic hydroxyl groups is 1. The highest BCUT2D eigenvalue weighted by Gasteiger charge is 2.31. The second-order valence-corrected chi connectivity index (χ2v) is 7.65. The molecule has 0 aromatic carbocycles. The fourth-order valence-electron chi connectivity index (χ4n) is 2.44. The Morgan fingerprint density at radius 2 is 1.48 bits per heavy atom. The molecule has 4 amide bonds. The maximum Gasteiger partial charge on any atom is 0.328 e. The molecule has 0 aliphatic carbocycles. The molecule has 6 unspecified atom stereocenters. The number of nitrogens with two attached hydrogens (primary N) is 2. The van der Waals surface area contributed by atoms with Crippen LogP contribution >= 0.6 is 12.6 Å². The summed E-state index contributed by atoms with van der Waals surface area (Å²) in [6.45, 7) is 4.80. The van der Waals surface area contributed by atoms with E-state index in [4.69, 9.17) is 16.6 Å². The molecule has 0 fully saturated rings. The SMILES string of the molecule is CCC(C)C(N)C(=O)NC(CCC(N)=O)C(=O)NC(CS)C(=O)NC(C(=O)O)C(C)O. The number of thiol groups is 1. The van der Waals surface area contributed by atoms with Gasteiger partial charge in [0.25, 0.3) is 0 Å². The number of nitrogens with one attached hydrogen (secondary N) is 3. The van der Waals surface area contributed by atoms with E-state index in [0.717, 1.165) is 0 Å². The van der Waals surface area contributed by atoms with Crippen LogP contribution in [0.4, 0.5) is 0 Å². The lowest BCUT2D eigenvalue weighted by Gasteiger charge is -2.25. The minimum Gasteiger partial charge on any atom is -0.480 e. The van der Waals surface area contributed by atoms with Crippen LogP contribution in [-0.4, -0.2) is 75.8 Å². The van der Waals surface area contributed by atoms with E-state index in [1.165, 1.54) is 6.92 Å². The van der Waals surface area contributed by atoms with Crippen molar-refractivity contribution in [2.45, 2.75) is 70.3 Å². The molecule has 0 radical (unpaired) electrons. The highest BCUT2D eigenvalue weighted by molar-refractivity contribution is 7.80. The molecule has 9 N–H and O–H groups in total. The van der Waals surface area contributed by atoms with Gasteiger partial charge in [0.1, 0.15) is 12.1 Å². The van der Waals surface area contributed by atoms with Gasteiger partial charge in [0.15, 0.2) is 6.04 Å². The average Bonchev–Trinajstić information content (AvgIpc) is 2.70. The zero-order valence-corrected chi connectivity index (χ0v) is 18.7. The van der Waals surface area contributed by atoms with Crippen molar-refractivity contribution in [1.82, 2.24) is 16.0 Å². The van der Waals surface area contributed by atoms with E-state index in [1.54, 1.807) is 6.92 Å². The van der Waals surface area contributed by atoms with E-state index in [1.807, 2.05) is 6.92 Å². The van der Waals surface area contributed by atoms with E-state index in [2.05, 4.69) is 28.6 Å². The van der Waals surface area contributed by atoms with Crippen molar-refractivity contribution in [2.75, 3.05) is 5.75 Å². The number of carbonyl (C=O) groups excluding carboxylic acids is 4. The number of hydrogen-bond donors (Lipinski definition) is 8. The Morgan fingerprint density at radius 1 is 0.968 bits per heavy atom. The second-order valence-electron chi connectivity index (χ2n) is 7.29. The molecule has 12 nitrogen and oxygen atoms in total. The Bertz CT molecular complexity index is 661. The van der Waals surface area contributed by atoms with Crippen molar-refractivity contribution in [3.8, 4) is 0 Å². The van der Waals surface area contributed by atoms with Crippen LogP contribution in [0, 0.1) is 5.92 Å². The van der Waals surface area contributed by atoms with Gasteiger partial charge >= 0.3 is 5.97 Å². The molecule has 0 heterocycles. The van der Waals surface area contributed by atoms with E-state index in [0.29, 0.717) is 6.42 Å². The molecule has 31 heavy (non-hydrogen) atoms. The number of carbonyl (C=O) groups is 5. The summed E-state index contributed by atoms with van der Waals surface area (Å²) in [5.41, 5.74) is 11.0. The minimum absolute atomic E-state index is 0.132. The van der Waals surface area contributed by atoms with E-state index in [-0.39, 0.29) is 24.5 Å². The molecule has 0 aromatic heterocycles. The highest BCUT2D eigenvalue weighted by atomic mass is 32.1. The van der Waals surface area contributed by atoms with Crippen molar-refractivity contribution in [1.29, 1.82) is 0 Å². The highest BCUT2D eigenvalue weighted by Crippen LogP contribution is 2.07. The molecule has 0 aromatic rings. The van der Waals surface area contributed by atoms with Crippen LogP contribution in [0.5, 0.6) is 0 Å². The van der Waals surface area contributed by atoms with Gasteiger partial charge in [-0.25, -0.2) is 4.79 Å². The molecular formula is C18H33N5O7S. The lowest BCUT2D eigenvalue weighted by molar-refractivity contribution is -0.145. The van der Waals surface area contributed by atoms with Gasteiger partial charge in [-0.2, -0.15) is 12.6 Å². The van der Waals surface area contributed by atoms with Crippen LogP contribution in [0.3, 0.4) is 0 Å². The number of carboxylic acid groups (broad SMARTS) is 1. The summed E-state index contributed by atoms with van der Waals surface area (Å²) in [5.74, 6) is -4.82. The third kappa shape index (κ3) is 9.98. The molecular weight excluding hydrogens is 430 g/mol. The summed E-state index contributed by atoms with van der Waals surface area (Å²) in [6.07, 6.45) is -1.10. The lowest BCUT2D eigenvalue weighted by atomic mass is 9.98. The summed E-state index contributed by atoms with van der Waals surface area (Å²) in [7, 11) is 0. The van der Waals surface area contributed by atoms with Gasteiger partial charge in [-0.3, -0.25) is 19.2 Å². The molecule has 0 rings (SSSR count). The van der Waals surface area contributed by atoms with Crippen LogP contribution in [0.1, 0.15) is 40.0 Å². The smallest absolute Gasteiger partial charge is 0.328 e. The van der Waals surface area contributed by atoms with E-state index in [9.17, 15) is 29.1 Å². The van der Waals surface area contributed by atoms with Crippen LogP contribution < -0.4 is 27.4 Å². The zero-order valence-electron chi connectivity index (χ0n) is 17.8. The Kier molecular flexibility index (Phi) is 12.8. The standard InChI is InChI=1S/C18H33N5O7S/c1-4-8(2)13(20)17(28)21-10(5-6-12(19)25)15(26)22-11(7-31)16(27)23-14(9(3)24)18(29)30/h8-11,13-14,24,31H,4-7,20H2,1-3H3,(H2,19,25)(H,21,28)(H,22,26)(H,23,27)(H,29,30). The average molecular weight is 464 g/mol. The largest absolute Gasteiger partial charge is 0.480 e. The number of aliphatic carboxylic acids is 1. The van der Waals surface area contributed by atoms with E-state index >= 15 is 0 Å². The van der Waals surface area contributed by atoms with Gasteiger partial charge in [-0.05, 0) is 19.3 Å². The summed E-state index contributed by atoms with van der Waals surface area (Å²) < 4.78 is 0. The normalized spacial score (nSPS) is 16.7. The molecule has 178 valence electrons. The Hall–Kier alpha value is -2.38. The lowest BCUT2D eigenvalue weighted by Crippen LogP contribution is -2.59. The molecule has 0 bridgehead atoms. The number of rotatable bonds is 14. The molecule has 0 aliphatic rings. The molecule has 13 heteroatoms. The Labute approximate surface area is 186 Å². The summed E-state index contributed by atoms with van der Waals surface area (Å²) in [6, 6.07) is -4.96. The minimum atomic E-state index is -1.59. The maximum atomic E-state index is 12.7. The summed E-state index contributed by atoms with van der Waals surface area (Å²) in [4.78, 5) is 59.7. The van der Waals surface area contributed by atoms with E-state index < -0.39 is 59.9 Å². The third-order valence-electron chi connectivity index (χ3n) is 4.73. The van der Waals surface area contributed by atoms with Gasteiger partial charge in [-0.15, -0.1) is 0 Å². The first-order valence-corrected chi connectivity index (χ1v) is 10.5. The second kappa shape index (κ2) is 13.8. The molecule has 0 saturated heterocycles. The summed E-state index contributed by atoms with van der Waals surface area (Å²) in [5, 5.41) is 25.5. The number of primary amides is 1. The van der Waals surface area contributed by atoms with Gasteiger partial charge < -0.3 is 37.6 Å². The third-order valence-corrected chi connectivity index (χ3v) is 5.10. The fraction of sp³-hybridized carbons (Fsp3) is 0.722. The number of amides is 4. The van der Waals surface area contributed by atoms with Crippen LogP contribution in [-0.2, 0) is 24.0 Å². The first-order valence-electron chi connectivity index (χ1n) is 9.82. The maximum absolute atomic E-state index is 12.7. The summed E-state index contributed by atoms with van der Waals surface area (Å²) >= 11 is 3.98. The zero-order chi connectivity index (χ0) is 24.3. The van der Waals surface area contributed by atoms with Crippen molar-refractivity contribution < 1.29 is 34.2 Å². The van der Waals surface area contributed by atoms with Crippen molar-refractivity contribution >= 4 is 42.2 Å².